The molecule has 1 saturated heterocycles. The fourth-order valence-electron chi connectivity index (χ4n) is 2.36. The summed E-state index contributed by atoms with van der Waals surface area (Å²) in [5, 5.41) is 10.7. The van der Waals surface area contributed by atoms with Crippen molar-refractivity contribution in [2.24, 2.45) is 5.41 Å². The number of thioether (sulfide) groups is 1. The molecule has 1 aliphatic heterocycles. The molecular formula is C12H18N2OS. The minimum atomic E-state index is -0.829. The van der Waals surface area contributed by atoms with Crippen molar-refractivity contribution in [1.29, 1.82) is 0 Å². The first-order valence-electron chi connectivity index (χ1n) is 5.43. The number of aromatic nitrogens is 1. The number of anilines is 1. The third-order valence-electron chi connectivity index (χ3n) is 2.96. The molecule has 0 aromatic carbocycles. The lowest BCUT2D eigenvalue weighted by Crippen LogP contribution is -2.40. The Bertz CT molecular complexity index is 394. The van der Waals surface area contributed by atoms with Crippen molar-refractivity contribution < 1.29 is 5.11 Å². The van der Waals surface area contributed by atoms with Crippen LogP contribution in [0.15, 0.2) is 18.5 Å². The van der Waals surface area contributed by atoms with Crippen LogP contribution in [0.4, 0.5) is 5.69 Å². The van der Waals surface area contributed by atoms with Gasteiger partial charge in [-0.25, -0.2) is 0 Å². The van der Waals surface area contributed by atoms with E-state index in [0.29, 0.717) is 11.4 Å². The van der Waals surface area contributed by atoms with E-state index in [1.54, 1.807) is 30.2 Å². The number of nitrogen functional groups attached to an aromatic ring is 1. The number of rotatable bonds is 1. The Balaban J connectivity index is 2.35. The second kappa shape index (κ2) is 3.93. The molecule has 2 heterocycles. The van der Waals surface area contributed by atoms with E-state index in [0.717, 1.165) is 17.7 Å². The molecule has 0 aliphatic carbocycles. The topological polar surface area (TPSA) is 59.1 Å². The zero-order valence-corrected chi connectivity index (χ0v) is 10.5. The van der Waals surface area contributed by atoms with E-state index < -0.39 is 5.60 Å². The highest BCUT2D eigenvalue weighted by Crippen LogP contribution is 2.45. The third-order valence-corrected chi connectivity index (χ3v) is 4.63. The van der Waals surface area contributed by atoms with Gasteiger partial charge in [0.1, 0.15) is 5.60 Å². The second-order valence-corrected chi connectivity index (χ2v) is 6.31. The van der Waals surface area contributed by atoms with Crippen molar-refractivity contribution in [2.45, 2.75) is 25.9 Å². The molecule has 1 aliphatic rings. The Morgan fingerprint density at radius 3 is 2.81 bits per heavy atom. The van der Waals surface area contributed by atoms with Crippen LogP contribution in [0.5, 0.6) is 0 Å². The minimum Gasteiger partial charge on any atom is -0.398 e. The van der Waals surface area contributed by atoms with E-state index in [-0.39, 0.29) is 5.41 Å². The van der Waals surface area contributed by atoms with Gasteiger partial charge in [-0.1, -0.05) is 13.8 Å². The summed E-state index contributed by atoms with van der Waals surface area (Å²) in [7, 11) is 0. The van der Waals surface area contributed by atoms with Crippen molar-refractivity contribution in [3.05, 3.63) is 24.0 Å². The molecule has 0 amide bonds. The third kappa shape index (κ3) is 2.18. The lowest BCUT2D eigenvalue weighted by Gasteiger charge is -2.41. The highest BCUT2D eigenvalue weighted by Gasteiger charge is 2.41. The standard InChI is InChI=1S/C12H18N2OS/c1-11(2)6-12(15,8-16-7-11)9-5-14-4-3-10(9)13/h3-5,15H,6-8H2,1-2H3,(H2,13,14). The number of aliphatic hydroxyl groups is 1. The first kappa shape index (κ1) is 11.7. The molecule has 4 heteroatoms. The van der Waals surface area contributed by atoms with Crippen LogP contribution in [-0.2, 0) is 5.60 Å². The van der Waals surface area contributed by atoms with Crippen LogP contribution in [0, 0.1) is 5.41 Å². The summed E-state index contributed by atoms with van der Waals surface area (Å²) in [5.74, 6) is 1.78. The van der Waals surface area contributed by atoms with Crippen LogP contribution >= 0.6 is 11.8 Å². The maximum absolute atomic E-state index is 10.7. The Hall–Kier alpha value is -0.740. The minimum absolute atomic E-state index is 0.139. The number of hydrogen-bond donors (Lipinski definition) is 2. The van der Waals surface area contributed by atoms with E-state index in [2.05, 4.69) is 18.8 Å². The molecule has 3 N–H and O–H groups in total. The summed E-state index contributed by atoms with van der Waals surface area (Å²) < 4.78 is 0. The van der Waals surface area contributed by atoms with Crippen molar-refractivity contribution in [3.8, 4) is 0 Å². The summed E-state index contributed by atoms with van der Waals surface area (Å²) in [6, 6.07) is 1.75. The van der Waals surface area contributed by atoms with E-state index in [1.165, 1.54) is 0 Å². The maximum Gasteiger partial charge on any atom is 0.103 e. The van der Waals surface area contributed by atoms with Crippen LogP contribution in [0.3, 0.4) is 0 Å². The van der Waals surface area contributed by atoms with Gasteiger partial charge >= 0.3 is 0 Å². The SMILES string of the molecule is CC1(C)CSCC(O)(c2cnccc2N)C1. The summed E-state index contributed by atoms with van der Waals surface area (Å²) >= 11 is 1.78. The summed E-state index contributed by atoms with van der Waals surface area (Å²) in [5.41, 5.74) is 6.63. The molecule has 1 aromatic heterocycles. The molecule has 1 aromatic rings. The molecule has 1 fully saturated rings. The second-order valence-electron chi connectivity index (χ2n) is 5.33. The molecule has 88 valence electrons. The number of hydrogen-bond acceptors (Lipinski definition) is 4. The van der Waals surface area contributed by atoms with Gasteiger partial charge in [-0.15, -0.1) is 0 Å². The van der Waals surface area contributed by atoms with E-state index in [9.17, 15) is 5.11 Å². The van der Waals surface area contributed by atoms with Crippen molar-refractivity contribution >= 4 is 17.4 Å². The van der Waals surface area contributed by atoms with Crippen LogP contribution in [0.2, 0.25) is 0 Å². The lowest BCUT2D eigenvalue weighted by molar-refractivity contribution is 0.0160. The zero-order valence-electron chi connectivity index (χ0n) is 9.73. The molecule has 16 heavy (non-hydrogen) atoms. The molecule has 0 saturated carbocycles. The Morgan fingerprint density at radius 2 is 2.19 bits per heavy atom. The molecule has 3 nitrogen and oxygen atoms in total. The summed E-state index contributed by atoms with van der Waals surface area (Å²) in [4.78, 5) is 4.06. The largest absolute Gasteiger partial charge is 0.398 e. The van der Waals surface area contributed by atoms with Gasteiger partial charge < -0.3 is 10.8 Å². The fraction of sp³-hybridized carbons (Fsp3) is 0.583. The monoisotopic (exact) mass is 238 g/mol. The predicted octanol–water partition coefficient (Wildman–Crippen LogP) is 2.01. The van der Waals surface area contributed by atoms with Gasteiger partial charge in [0.05, 0.1) is 0 Å². The van der Waals surface area contributed by atoms with Gasteiger partial charge in [0.15, 0.2) is 0 Å². The quantitative estimate of drug-likeness (QED) is 0.786. The molecule has 0 bridgehead atoms. The average molecular weight is 238 g/mol. The van der Waals surface area contributed by atoms with Gasteiger partial charge in [-0.3, -0.25) is 4.98 Å². The van der Waals surface area contributed by atoms with E-state index in [4.69, 9.17) is 5.73 Å². The summed E-state index contributed by atoms with van der Waals surface area (Å²) in [6.45, 7) is 4.35. The Morgan fingerprint density at radius 1 is 1.44 bits per heavy atom. The Labute approximate surface area is 100 Å². The van der Waals surface area contributed by atoms with E-state index >= 15 is 0 Å². The van der Waals surface area contributed by atoms with Gasteiger partial charge in [0, 0.05) is 29.4 Å². The molecule has 0 spiro atoms. The maximum atomic E-state index is 10.7. The molecule has 2 rings (SSSR count). The highest BCUT2D eigenvalue weighted by atomic mass is 32.2. The van der Waals surface area contributed by atoms with Gasteiger partial charge in [0.25, 0.3) is 0 Å². The van der Waals surface area contributed by atoms with Gasteiger partial charge in [-0.05, 0) is 23.7 Å². The highest BCUT2D eigenvalue weighted by molar-refractivity contribution is 7.99. The van der Waals surface area contributed by atoms with Crippen molar-refractivity contribution in [3.63, 3.8) is 0 Å². The molecule has 1 atom stereocenters. The first-order chi connectivity index (χ1) is 7.43. The number of pyridine rings is 1. The van der Waals surface area contributed by atoms with Crippen molar-refractivity contribution in [2.75, 3.05) is 17.2 Å². The smallest absolute Gasteiger partial charge is 0.103 e. The fourth-order valence-corrected chi connectivity index (χ4v) is 3.71. The molecule has 0 radical (unpaired) electrons. The van der Waals surface area contributed by atoms with Crippen LogP contribution < -0.4 is 5.73 Å². The van der Waals surface area contributed by atoms with Gasteiger partial charge in [-0.2, -0.15) is 11.8 Å². The van der Waals surface area contributed by atoms with Crippen molar-refractivity contribution in [1.82, 2.24) is 4.98 Å². The van der Waals surface area contributed by atoms with Gasteiger partial charge in [0.2, 0.25) is 0 Å². The van der Waals surface area contributed by atoms with Crippen LogP contribution in [0.1, 0.15) is 25.8 Å². The predicted molar refractivity (Wildman–Crippen MR) is 68.3 cm³/mol. The first-order valence-corrected chi connectivity index (χ1v) is 6.59. The Kier molecular flexibility index (Phi) is 2.88. The molecular weight excluding hydrogens is 220 g/mol. The lowest BCUT2D eigenvalue weighted by atomic mass is 9.78. The zero-order chi connectivity index (χ0) is 11.8. The van der Waals surface area contributed by atoms with Crippen LogP contribution in [0.25, 0.3) is 0 Å². The molecule has 1 unspecified atom stereocenters. The number of nitrogens with two attached hydrogens (primary N) is 1. The summed E-state index contributed by atoms with van der Waals surface area (Å²) in [6.07, 6.45) is 4.09. The average Bonchev–Trinajstić information content (AvgIpc) is 2.16. The van der Waals surface area contributed by atoms with Crippen LogP contribution in [-0.4, -0.2) is 21.6 Å². The van der Waals surface area contributed by atoms with E-state index in [1.807, 2.05) is 0 Å². The number of nitrogens with zero attached hydrogens (tertiary/aromatic N) is 1. The normalized spacial score (nSPS) is 28.9.